The summed E-state index contributed by atoms with van der Waals surface area (Å²) in [7, 11) is 0.876. The second-order valence-corrected chi connectivity index (χ2v) is 9.97. The van der Waals surface area contributed by atoms with Gasteiger partial charge in [-0.1, -0.05) is 17.7 Å². The zero-order valence-electron chi connectivity index (χ0n) is 21.1. The first-order valence-corrected chi connectivity index (χ1v) is 12.1. The molecule has 2 amide bonds. The first kappa shape index (κ1) is 29.3. The molecule has 42 heavy (non-hydrogen) atoms. The van der Waals surface area contributed by atoms with Gasteiger partial charge in [-0.25, -0.2) is 13.8 Å². The summed E-state index contributed by atoms with van der Waals surface area (Å²) in [5, 5.41) is 16.3. The number of benzene rings is 1. The van der Waals surface area contributed by atoms with E-state index < -0.39 is 64.7 Å². The lowest BCUT2D eigenvalue weighted by molar-refractivity contribution is -0.350. The first-order valence-electron chi connectivity index (χ1n) is 11.7. The summed E-state index contributed by atoms with van der Waals surface area (Å²) in [4.78, 5) is 26.3. The molecule has 0 bridgehead atoms. The maximum absolute atomic E-state index is 15.4. The highest BCUT2D eigenvalue weighted by molar-refractivity contribution is 6.34. The standard InChI is InChI=1S/C24H15ClF8N6O3/c1-10(40)38(21(9-34)5-6-21)20(41)12-7-11(3-4-14(12)25)13-8-35-39-15(13)18(26)42-16-17(36-37(2)19(16)39)22(27,23(28,29)30)24(31,32)33/h3-4,7-8,18H,5-6H2,1-2H3. The van der Waals surface area contributed by atoms with Crippen molar-refractivity contribution in [2.75, 3.05) is 0 Å². The third-order valence-electron chi connectivity index (χ3n) is 6.91. The van der Waals surface area contributed by atoms with Crippen molar-refractivity contribution in [3.63, 3.8) is 0 Å². The predicted octanol–water partition coefficient (Wildman–Crippen LogP) is 5.62. The van der Waals surface area contributed by atoms with Gasteiger partial charge in [0.1, 0.15) is 11.2 Å². The highest BCUT2D eigenvalue weighted by Crippen LogP contribution is 2.57. The normalized spacial score (nSPS) is 17.5. The lowest BCUT2D eigenvalue weighted by Gasteiger charge is -2.30. The van der Waals surface area contributed by atoms with Crippen LogP contribution in [0.15, 0.2) is 24.4 Å². The number of halogens is 9. The number of imide groups is 1. The van der Waals surface area contributed by atoms with Crippen LogP contribution in [0.4, 0.5) is 35.1 Å². The number of hydrogen-bond acceptors (Lipinski definition) is 6. The van der Waals surface area contributed by atoms with Crippen LogP contribution in [0, 0.1) is 11.3 Å². The molecule has 1 atom stereocenters. The van der Waals surface area contributed by atoms with Gasteiger partial charge in [0.25, 0.3) is 12.3 Å². The van der Waals surface area contributed by atoms with E-state index in [1.165, 1.54) is 12.1 Å². The fraction of sp³-hybridized carbons (Fsp3) is 0.375. The van der Waals surface area contributed by atoms with Crippen molar-refractivity contribution in [3.05, 3.63) is 46.4 Å². The zero-order chi connectivity index (χ0) is 31.2. The number of alkyl halides is 8. The number of aromatic nitrogens is 4. The Hall–Kier alpha value is -4.20. The highest BCUT2D eigenvalue weighted by atomic mass is 35.5. The third-order valence-corrected chi connectivity index (χ3v) is 7.24. The van der Waals surface area contributed by atoms with Crippen LogP contribution in [0.3, 0.4) is 0 Å². The summed E-state index contributed by atoms with van der Waals surface area (Å²) in [6.45, 7) is 1.08. The van der Waals surface area contributed by atoms with Crippen LogP contribution in [-0.4, -0.2) is 54.2 Å². The van der Waals surface area contributed by atoms with Crippen molar-refractivity contribution in [2.45, 2.75) is 49.7 Å². The van der Waals surface area contributed by atoms with Gasteiger partial charge in [-0.2, -0.15) is 46.2 Å². The zero-order valence-corrected chi connectivity index (χ0v) is 21.9. The van der Waals surface area contributed by atoms with Crippen LogP contribution in [0.25, 0.3) is 16.9 Å². The molecule has 0 N–H and O–H groups in total. The molecule has 2 aliphatic rings. The van der Waals surface area contributed by atoms with Gasteiger partial charge >= 0.3 is 18.0 Å². The van der Waals surface area contributed by atoms with Crippen LogP contribution in [-0.2, 0) is 17.5 Å². The second-order valence-electron chi connectivity index (χ2n) is 9.57. The number of carbonyl (C=O) groups excluding carboxylic acids is 2. The number of carbonyl (C=O) groups is 2. The van der Waals surface area contributed by atoms with Gasteiger partial charge in [0, 0.05) is 19.5 Å². The third kappa shape index (κ3) is 4.02. The van der Waals surface area contributed by atoms with E-state index in [1.54, 1.807) is 0 Å². The van der Waals surface area contributed by atoms with Crippen molar-refractivity contribution in [3.8, 4) is 28.8 Å². The Labute approximate surface area is 234 Å². The monoisotopic (exact) mass is 622 g/mol. The van der Waals surface area contributed by atoms with Gasteiger partial charge in [-0.15, -0.1) is 0 Å². The van der Waals surface area contributed by atoms with E-state index in [9.17, 15) is 45.6 Å². The Balaban J connectivity index is 1.63. The molecule has 9 nitrogen and oxygen atoms in total. The quantitative estimate of drug-likeness (QED) is 0.350. The molecule has 0 radical (unpaired) electrons. The molecule has 1 aliphatic heterocycles. The maximum atomic E-state index is 15.4. The highest BCUT2D eigenvalue weighted by Gasteiger charge is 2.76. The van der Waals surface area contributed by atoms with E-state index in [-0.39, 0.29) is 34.6 Å². The molecular weight excluding hydrogens is 608 g/mol. The van der Waals surface area contributed by atoms with E-state index in [1.807, 2.05) is 6.07 Å². The minimum atomic E-state index is -6.54. The lowest BCUT2D eigenvalue weighted by atomic mass is 9.99. The van der Waals surface area contributed by atoms with Crippen molar-refractivity contribution >= 4 is 23.4 Å². The van der Waals surface area contributed by atoms with Crippen LogP contribution in [0.2, 0.25) is 5.02 Å². The molecule has 5 rings (SSSR count). The minimum absolute atomic E-state index is 0.0248. The van der Waals surface area contributed by atoms with E-state index in [4.69, 9.17) is 16.3 Å². The SMILES string of the molecule is CC(=O)N(C(=O)c1cc(-c2cnn3c2C(F)Oc2c(C(F)(C(F)(F)F)C(F)(F)F)nn(C)c2-3)ccc1Cl)C1(C#N)CC1. The van der Waals surface area contributed by atoms with E-state index >= 15 is 4.39 Å². The summed E-state index contributed by atoms with van der Waals surface area (Å²) in [6, 6.07) is 5.58. The minimum Gasteiger partial charge on any atom is -0.448 e. The number of hydrogen-bond donors (Lipinski definition) is 0. The van der Waals surface area contributed by atoms with E-state index in [0.717, 1.165) is 31.1 Å². The molecule has 222 valence electrons. The number of nitriles is 1. The van der Waals surface area contributed by atoms with Crippen LogP contribution >= 0.6 is 11.6 Å². The van der Waals surface area contributed by atoms with Crippen LogP contribution < -0.4 is 4.74 Å². The number of ether oxygens (including phenoxy) is 1. The molecule has 2 aromatic heterocycles. The molecule has 1 fully saturated rings. The van der Waals surface area contributed by atoms with Crippen LogP contribution in [0.5, 0.6) is 5.75 Å². The predicted molar refractivity (Wildman–Crippen MR) is 125 cm³/mol. The van der Waals surface area contributed by atoms with Gasteiger partial charge in [-0.05, 0) is 30.5 Å². The van der Waals surface area contributed by atoms with Gasteiger partial charge in [0.2, 0.25) is 5.91 Å². The number of rotatable bonds is 4. The fourth-order valence-corrected chi connectivity index (χ4v) is 4.94. The molecule has 1 aromatic carbocycles. The van der Waals surface area contributed by atoms with E-state index in [2.05, 4.69) is 10.2 Å². The van der Waals surface area contributed by atoms with Crippen molar-refractivity contribution in [2.24, 2.45) is 7.05 Å². The molecule has 3 heterocycles. The Morgan fingerprint density at radius 3 is 2.31 bits per heavy atom. The summed E-state index contributed by atoms with van der Waals surface area (Å²) >= 11 is 6.20. The molecule has 1 saturated carbocycles. The largest absolute Gasteiger partial charge is 0.448 e. The van der Waals surface area contributed by atoms with Gasteiger partial charge in [0.15, 0.2) is 17.3 Å². The molecule has 1 unspecified atom stereocenters. The summed E-state index contributed by atoms with van der Waals surface area (Å²) in [5.41, 5.74) is -10.6. The molecule has 18 heteroatoms. The van der Waals surface area contributed by atoms with Crippen molar-refractivity contribution < 1.29 is 49.4 Å². The van der Waals surface area contributed by atoms with Gasteiger partial charge in [0.05, 0.1) is 22.9 Å². The first-order chi connectivity index (χ1) is 19.4. The molecular formula is C24H15ClF8N6O3. The van der Waals surface area contributed by atoms with Crippen molar-refractivity contribution in [1.29, 1.82) is 5.26 Å². The Kier molecular flexibility index (Phi) is 6.38. The average Bonchev–Trinajstić information content (AvgIpc) is 3.41. The van der Waals surface area contributed by atoms with Crippen LogP contribution in [0.1, 0.15) is 47.9 Å². The number of amides is 2. The molecule has 3 aromatic rings. The lowest BCUT2D eigenvalue weighted by Crippen LogP contribution is -2.51. The average molecular weight is 623 g/mol. The fourth-order valence-electron chi connectivity index (χ4n) is 4.74. The van der Waals surface area contributed by atoms with E-state index in [0.29, 0.717) is 9.36 Å². The molecule has 0 spiro atoms. The number of nitrogens with zero attached hydrogens (tertiary/aromatic N) is 6. The smallest absolute Gasteiger partial charge is 0.437 e. The summed E-state index contributed by atoms with van der Waals surface area (Å²) < 4.78 is 117. The molecule has 0 saturated heterocycles. The van der Waals surface area contributed by atoms with Gasteiger partial charge < -0.3 is 4.74 Å². The number of fused-ring (bicyclic) bond motifs is 3. The second kappa shape index (κ2) is 9.15. The Morgan fingerprint density at radius 2 is 1.79 bits per heavy atom. The topological polar surface area (TPSA) is 106 Å². The van der Waals surface area contributed by atoms with Gasteiger partial charge in [-0.3, -0.25) is 14.5 Å². The van der Waals surface area contributed by atoms with Crippen molar-refractivity contribution in [1.82, 2.24) is 24.5 Å². The summed E-state index contributed by atoms with van der Waals surface area (Å²) in [5.74, 6) is -3.88. The maximum Gasteiger partial charge on any atom is 0.437 e. The number of aryl methyl sites for hydroxylation is 1. The summed E-state index contributed by atoms with van der Waals surface area (Å²) in [6.07, 6.45) is -14.4. The Bertz CT molecular complexity index is 1670. The Morgan fingerprint density at radius 1 is 1.17 bits per heavy atom. The molecule has 1 aliphatic carbocycles.